The molecule has 1 fully saturated rings. The van der Waals surface area contributed by atoms with Gasteiger partial charge in [-0.3, -0.25) is 4.79 Å². The highest BCUT2D eigenvalue weighted by Crippen LogP contribution is 2.20. The van der Waals surface area contributed by atoms with Gasteiger partial charge in [-0.2, -0.15) is 0 Å². The van der Waals surface area contributed by atoms with Gasteiger partial charge in [-0.15, -0.1) is 0 Å². The number of imidazole rings is 1. The standard InChI is InChI=1S/C11H17N3O2/c15-5-3-9-2-1-4-14(7-9)11(16)10-6-12-8-13-10/h6,8-9,15H,1-5,7H2,(H,12,13). The first kappa shape index (κ1) is 11.1. The predicted octanol–water partition coefficient (Wildman–Crippen LogP) is 0.644. The summed E-state index contributed by atoms with van der Waals surface area (Å²) in [6.07, 6.45) is 5.98. The van der Waals surface area contributed by atoms with Crippen molar-refractivity contribution in [1.29, 1.82) is 0 Å². The van der Waals surface area contributed by atoms with Crippen LogP contribution in [-0.2, 0) is 0 Å². The van der Waals surface area contributed by atoms with Gasteiger partial charge in [0.2, 0.25) is 0 Å². The SMILES string of the molecule is O=C(c1cnc[nH]1)N1CCCC(CCO)C1. The molecule has 2 rings (SSSR count). The van der Waals surface area contributed by atoms with Crippen LogP contribution in [0.2, 0.25) is 0 Å². The highest BCUT2D eigenvalue weighted by Gasteiger charge is 2.24. The van der Waals surface area contributed by atoms with Crippen molar-refractivity contribution in [2.45, 2.75) is 19.3 Å². The van der Waals surface area contributed by atoms with Gasteiger partial charge in [0.1, 0.15) is 5.69 Å². The summed E-state index contributed by atoms with van der Waals surface area (Å²) in [4.78, 5) is 20.5. The Labute approximate surface area is 94.5 Å². The molecule has 1 aliphatic heterocycles. The van der Waals surface area contributed by atoms with E-state index in [1.54, 1.807) is 6.20 Å². The van der Waals surface area contributed by atoms with E-state index in [0.29, 0.717) is 11.6 Å². The molecule has 1 aromatic rings. The van der Waals surface area contributed by atoms with E-state index in [2.05, 4.69) is 9.97 Å². The zero-order valence-corrected chi connectivity index (χ0v) is 9.22. The summed E-state index contributed by atoms with van der Waals surface area (Å²) < 4.78 is 0. The number of carbonyl (C=O) groups is 1. The number of aliphatic hydroxyl groups is 1. The number of H-pyrrole nitrogens is 1. The third kappa shape index (κ3) is 2.41. The second-order valence-electron chi connectivity index (χ2n) is 4.24. The highest BCUT2D eigenvalue weighted by atomic mass is 16.3. The molecule has 1 amide bonds. The number of likely N-dealkylation sites (tertiary alicyclic amines) is 1. The van der Waals surface area contributed by atoms with Crippen molar-refractivity contribution in [2.24, 2.45) is 5.92 Å². The van der Waals surface area contributed by atoms with Crippen LogP contribution in [0.4, 0.5) is 0 Å². The van der Waals surface area contributed by atoms with Gasteiger partial charge >= 0.3 is 0 Å². The highest BCUT2D eigenvalue weighted by molar-refractivity contribution is 5.92. The number of nitrogens with zero attached hydrogens (tertiary/aromatic N) is 2. The Balaban J connectivity index is 1.96. The van der Waals surface area contributed by atoms with Crippen LogP contribution in [0, 0.1) is 5.92 Å². The normalized spacial score (nSPS) is 21.1. The minimum Gasteiger partial charge on any atom is -0.396 e. The molecule has 0 radical (unpaired) electrons. The molecule has 2 N–H and O–H groups in total. The van der Waals surface area contributed by atoms with Gasteiger partial charge in [-0.1, -0.05) is 0 Å². The average Bonchev–Trinajstić information content (AvgIpc) is 2.82. The average molecular weight is 223 g/mol. The number of aliphatic hydroxyl groups excluding tert-OH is 1. The number of piperidine rings is 1. The summed E-state index contributed by atoms with van der Waals surface area (Å²) in [6.45, 7) is 1.76. The van der Waals surface area contributed by atoms with Crippen molar-refractivity contribution >= 4 is 5.91 Å². The number of aromatic amines is 1. The lowest BCUT2D eigenvalue weighted by Crippen LogP contribution is -2.40. The summed E-state index contributed by atoms with van der Waals surface area (Å²) in [5.41, 5.74) is 0.546. The summed E-state index contributed by atoms with van der Waals surface area (Å²) >= 11 is 0. The van der Waals surface area contributed by atoms with E-state index < -0.39 is 0 Å². The van der Waals surface area contributed by atoms with Gasteiger partial charge in [0.05, 0.1) is 12.5 Å². The number of nitrogens with one attached hydrogen (secondary N) is 1. The molecule has 1 aliphatic rings. The number of hydrogen-bond acceptors (Lipinski definition) is 3. The largest absolute Gasteiger partial charge is 0.396 e. The van der Waals surface area contributed by atoms with Crippen molar-refractivity contribution in [3.05, 3.63) is 18.2 Å². The molecule has 5 nitrogen and oxygen atoms in total. The van der Waals surface area contributed by atoms with Gasteiger partial charge in [0.25, 0.3) is 5.91 Å². The number of amides is 1. The number of rotatable bonds is 3. The molecule has 1 aromatic heterocycles. The van der Waals surface area contributed by atoms with E-state index in [0.717, 1.165) is 32.4 Å². The van der Waals surface area contributed by atoms with Gasteiger partial charge in [0, 0.05) is 19.7 Å². The zero-order chi connectivity index (χ0) is 11.4. The first-order valence-electron chi connectivity index (χ1n) is 5.69. The van der Waals surface area contributed by atoms with E-state index in [1.807, 2.05) is 4.90 Å². The fraction of sp³-hybridized carbons (Fsp3) is 0.636. The zero-order valence-electron chi connectivity index (χ0n) is 9.22. The van der Waals surface area contributed by atoms with Crippen molar-refractivity contribution in [3.63, 3.8) is 0 Å². The third-order valence-corrected chi connectivity index (χ3v) is 3.07. The lowest BCUT2D eigenvalue weighted by Gasteiger charge is -2.32. The van der Waals surface area contributed by atoms with Gasteiger partial charge in [-0.25, -0.2) is 4.98 Å². The molecule has 1 atom stereocenters. The minimum absolute atomic E-state index is 0.0140. The van der Waals surface area contributed by atoms with E-state index in [9.17, 15) is 4.79 Å². The number of aromatic nitrogens is 2. The topological polar surface area (TPSA) is 69.2 Å². The summed E-state index contributed by atoms with van der Waals surface area (Å²) in [7, 11) is 0. The molecule has 1 unspecified atom stereocenters. The molecule has 0 bridgehead atoms. The molecular weight excluding hydrogens is 206 g/mol. The second kappa shape index (κ2) is 5.12. The molecule has 0 saturated carbocycles. The Hall–Kier alpha value is -1.36. The lowest BCUT2D eigenvalue weighted by molar-refractivity contribution is 0.0648. The maximum atomic E-state index is 12.0. The maximum Gasteiger partial charge on any atom is 0.271 e. The Bertz CT molecular complexity index is 335. The molecular formula is C11H17N3O2. The molecule has 0 spiro atoms. The van der Waals surface area contributed by atoms with Crippen molar-refractivity contribution in [3.8, 4) is 0 Å². The van der Waals surface area contributed by atoms with Gasteiger partial charge < -0.3 is 15.0 Å². The monoisotopic (exact) mass is 223 g/mol. The fourth-order valence-electron chi connectivity index (χ4n) is 2.21. The van der Waals surface area contributed by atoms with E-state index in [-0.39, 0.29) is 12.5 Å². The second-order valence-corrected chi connectivity index (χ2v) is 4.24. The molecule has 0 aromatic carbocycles. The van der Waals surface area contributed by atoms with Crippen molar-refractivity contribution in [1.82, 2.24) is 14.9 Å². The molecule has 88 valence electrons. The van der Waals surface area contributed by atoms with E-state index >= 15 is 0 Å². The summed E-state index contributed by atoms with van der Waals surface area (Å²) in [5.74, 6) is 0.450. The maximum absolute atomic E-state index is 12.0. The lowest BCUT2D eigenvalue weighted by atomic mass is 9.95. The van der Waals surface area contributed by atoms with Crippen molar-refractivity contribution in [2.75, 3.05) is 19.7 Å². The number of hydrogen-bond donors (Lipinski definition) is 2. The predicted molar refractivity (Wildman–Crippen MR) is 58.9 cm³/mol. The molecule has 1 saturated heterocycles. The van der Waals surface area contributed by atoms with E-state index in [1.165, 1.54) is 6.33 Å². The van der Waals surface area contributed by atoms with Crippen LogP contribution in [0.5, 0.6) is 0 Å². The quantitative estimate of drug-likeness (QED) is 0.790. The van der Waals surface area contributed by atoms with Crippen LogP contribution in [0.3, 0.4) is 0 Å². The van der Waals surface area contributed by atoms with Gasteiger partial charge in [-0.05, 0) is 25.2 Å². The Morgan fingerprint density at radius 1 is 1.69 bits per heavy atom. The van der Waals surface area contributed by atoms with Crippen molar-refractivity contribution < 1.29 is 9.90 Å². The van der Waals surface area contributed by atoms with Crippen LogP contribution in [-0.4, -0.2) is 45.6 Å². The number of carbonyl (C=O) groups excluding carboxylic acids is 1. The van der Waals surface area contributed by atoms with Crippen LogP contribution in [0.25, 0.3) is 0 Å². The Morgan fingerprint density at radius 3 is 3.25 bits per heavy atom. The molecule has 0 aliphatic carbocycles. The first-order chi connectivity index (χ1) is 7.81. The summed E-state index contributed by atoms with van der Waals surface area (Å²) in [6, 6.07) is 0. The Morgan fingerprint density at radius 2 is 2.56 bits per heavy atom. The first-order valence-corrected chi connectivity index (χ1v) is 5.69. The minimum atomic E-state index is 0.0140. The Kier molecular flexibility index (Phi) is 3.56. The van der Waals surface area contributed by atoms with Crippen LogP contribution >= 0.6 is 0 Å². The van der Waals surface area contributed by atoms with Gasteiger partial charge in [0.15, 0.2) is 0 Å². The molecule has 16 heavy (non-hydrogen) atoms. The molecule has 5 heteroatoms. The van der Waals surface area contributed by atoms with Crippen LogP contribution < -0.4 is 0 Å². The summed E-state index contributed by atoms with van der Waals surface area (Å²) in [5, 5.41) is 8.91. The smallest absolute Gasteiger partial charge is 0.271 e. The van der Waals surface area contributed by atoms with E-state index in [4.69, 9.17) is 5.11 Å². The third-order valence-electron chi connectivity index (χ3n) is 3.07. The van der Waals surface area contributed by atoms with Crippen LogP contribution in [0.1, 0.15) is 29.8 Å². The molecule has 2 heterocycles. The van der Waals surface area contributed by atoms with Crippen LogP contribution in [0.15, 0.2) is 12.5 Å². The fourth-order valence-corrected chi connectivity index (χ4v) is 2.21.